The van der Waals surface area contributed by atoms with E-state index in [1.807, 2.05) is 0 Å². The Labute approximate surface area is 177 Å². The number of esters is 1. The van der Waals surface area contributed by atoms with Crippen LogP contribution in [0.2, 0.25) is 0 Å². The van der Waals surface area contributed by atoms with Crippen LogP contribution in [-0.2, 0) is 32.3 Å². The summed E-state index contributed by atoms with van der Waals surface area (Å²) in [5.41, 5.74) is -0.383. The Balaban J connectivity index is 2.08. The molecule has 0 bridgehead atoms. The summed E-state index contributed by atoms with van der Waals surface area (Å²) in [6.45, 7) is 1.35. The second-order valence-corrected chi connectivity index (χ2v) is 8.66. The van der Waals surface area contributed by atoms with Gasteiger partial charge in [-0.3, -0.25) is 0 Å². The van der Waals surface area contributed by atoms with E-state index in [-0.39, 0.29) is 35.7 Å². The molecule has 2 aromatic rings. The summed E-state index contributed by atoms with van der Waals surface area (Å²) in [5, 5.41) is 0. The Bertz CT molecular complexity index is 1110. The molecule has 0 saturated heterocycles. The highest BCUT2D eigenvalue weighted by atomic mass is 32.2. The molecule has 0 aromatic heterocycles. The van der Waals surface area contributed by atoms with Gasteiger partial charge in [-0.2, -0.15) is 17.5 Å². The molecule has 1 aliphatic rings. The van der Waals surface area contributed by atoms with Crippen LogP contribution in [0.3, 0.4) is 0 Å². The third kappa shape index (κ3) is 4.91. The zero-order valence-corrected chi connectivity index (χ0v) is 17.6. The van der Waals surface area contributed by atoms with Gasteiger partial charge < -0.3 is 9.47 Å². The van der Waals surface area contributed by atoms with Gasteiger partial charge in [-0.05, 0) is 54.0 Å². The average molecular weight is 455 g/mol. The summed E-state index contributed by atoms with van der Waals surface area (Å²) >= 11 is 0. The Morgan fingerprint density at radius 3 is 2.42 bits per heavy atom. The first kappa shape index (κ1) is 22.8. The summed E-state index contributed by atoms with van der Waals surface area (Å²) in [6, 6.07) is 9.11. The van der Waals surface area contributed by atoms with Crippen molar-refractivity contribution in [1.29, 1.82) is 0 Å². The van der Waals surface area contributed by atoms with Crippen molar-refractivity contribution in [1.82, 2.24) is 4.31 Å². The molecule has 3 rings (SSSR count). The quantitative estimate of drug-likeness (QED) is 0.506. The van der Waals surface area contributed by atoms with E-state index in [1.54, 1.807) is 31.2 Å². The van der Waals surface area contributed by atoms with Gasteiger partial charge in [0.1, 0.15) is 5.75 Å². The summed E-state index contributed by atoms with van der Waals surface area (Å²) in [4.78, 5) is 11.7. The van der Waals surface area contributed by atoms with Crippen LogP contribution < -0.4 is 4.74 Å². The molecule has 0 aliphatic carbocycles. The number of rotatable bonds is 5. The lowest BCUT2D eigenvalue weighted by Crippen LogP contribution is -2.36. The smallest absolute Gasteiger partial charge is 0.416 e. The molecule has 0 N–H and O–H groups in total. The van der Waals surface area contributed by atoms with Gasteiger partial charge in [0.15, 0.2) is 0 Å². The van der Waals surface area contributed by atoms with Gasteiger partial charge in [-0.1, -0.05) is 12.1 Å². The van der Waals surface area contributed by atoms with Crippen LogP contribution in [0, 0.1) is 0 Å². The zero-order valence-electron chi connectivity index (χ0n) is 16.8. The molecule has 0 unspecified atom stereocenters. The molecule has 2 aromatic carbocycles. The molecule has 166 valence electrons. The van der Waals surface area contributed by atoms with Gasteiger partial charge in [0, 0.05) is 19.2 Å². The maximum atomic E-state index is 13.2. The molecule has 6 nitrogen and oxygen atoms in total. The van der Waals surface area contributed by atoms with Crippen LogP contribution in [-0.4, -0.2) is 39.0 Å². The van der Waals surface area contributed by atoms with Crippen molar-refractivity contribution in [2.75, 3.05) is 20.3 Å². The minimum absolute atomic E-state index is 0.0348. The van der Waals surface area contributed by atoms with Gasteiger partial charge in [-0.25, -0.2) is 13.2 Å². The highest BCUT2D eigenvalue weighted by molar-refractivity contribution is 7.89. The minimum Gasteiger partial charge on any atom is -0.497 e. The molecule has 1 heterocycles. The van der Waals surface area contributed by atoms with Crippen LogP contribution in [0.5, 0.6) is 5.75 Å². The molecule has 1 aliphatic heterocycles. The van der Waals surface area contributed by atoms with Gasteiger partial charge in [-0.15, -0.1) is 0 Å². The number of alkyl halides is 3. The van der Waals surface area contributed by atoms with E-state index in [1.165, 1.54) is 7.11 Å². The fourth-order valence-electron chi connectivity index (χ4n) is 3.21. The van der Waals surface area contributed by atoms with E-state index in [4.69, 9.17) is 9.47 Å². The fraction of sp³-hybridized carbons (Fsp3) is 0.286. The standard InChI is InChI=1S/C21H20F3NO5S/c1-3-30-20(26)10-15-13-25(12-14-4-7-17(29-2)8-5-14)31(27,28)19-9-6-16(11-18(15)19)21(22,23)24/h4-11H,3,12-13H2,1-2H3/b15-10+. The van der Waals surface area contributed by atoms with Crippen molar-refractivity contribution >= 4 is 21.6 Å². The van der Waals surface area contributed by atoms with Crippen molar-refractivity contribution in [3.8, 4) is 5.75 Å². The molecule has 0 radical (unpaired) electrons. The number of hydrogen-bond donors (Lipinski definition) is 0. The number of sulfonamides is 1. The highest BCUT2D eigenvalue weighted by Gasteiger charge is 2.38. The molecule has 0 atom stereocenters. The number of benzene rings is 2. The number of methoxy groups -OCH3 is 1. The summed E-state index contributed by atoms with van der Waals surface area (Å²) in [6.07, 6.45) is -3.62. The van der Waals surface area contributed by atoms with Gasteiger partial charge in [0.05, 0.1) is 24.2 Å². The number of nitrogens with zero attached hydrogens (tertiary/aromatic N) is 1. The molecule has 31 heavy (non-hydrogen) atoms. The predicted octanol–water partition coefficient (Wildman–Crippen LogP) is 3.87. The minimum atomic E-state index is -4.66. The van der Waals surface area contributed by atoms with E-state index >= 15 is 0 Å². The van der Waals surface area contributed by atoms with Crippen LogP contribution >= 0.6 is 0 Å². The number of ether oxygens (including phenoxy) is 2. The highest BCUT2D eigenvalue weighted by Crippen LogP contribution is 2.38. The second-order valence-electron chi connectivity index (χ2n) is 6.75. The van der Waals surface area contributed by atoms with Gasteiger partial charge >= 0.3 is 12.1 Å². The first-order valence-electron chi connectivity index (χ1n) is 9.28. The lowest BCUT2D eigenvalue weighted by molar-refractivity contribution is -0.138. The largest absolute Gasteiger partial charge is 0.497 e. The Kier molecular flexibility index (Phi) is 6.42. The molecule has 0 amide bonds. The van der Waals surface area contributed by atoms with E-state index in [0.717, 1.165) is 28.6 Å². The van der Waals surface area contributed by atoms with Crippen molar-refractivity contribution in [2.24, 2.45) is 0 Å². The summed E-state index contributed by atoms with van der Waals surface area (Å²) in [5.74, 6) is -0.164. The van der Waals surface area contributed by atoms with Crippen LogP contribution in [0.4, 0.5) is 13.2 Å². The van der Waals surface area contributed by atoms with Crippen LogP contribution in [0.15, 0.2) is 53.4 Å². The molecular weight excluding hydrogens is 435 g/mol. The number of hydrogen-bond acceptors (Lipinski definition) is 5. The first-order chi connectivity index (χ1) is 14.6. The van der Waals surface area contributed by atoms with Crippen molar-refractivity contribution in [3.63, 3.8) is 0 Å². The summed E-state index contributed by atoms with van der Waals surface area (Å²) < 4.78 is 76.9. The average Bonchev–Trinajstić information content (AvgIpc) is 2.71. The van der Waals surface area contributed by atoms with Crippen molar-refractivity contribution < 1.29 is 35.9 Å². The Hall–Kier alpha value is -2.85. The maximum Gasteiger partial charge on any atom is 0.416 e. The molecular formula is C21H20F3NO5S. The van der Waals surface area contributed by atoms with E-state index in [9.17, 15) is 26.4 Å². The zero-order chi connectivity index (χ0) is 22.8. The number of fused-ring (bicyclic) bond motifs is 1. The van der Waals surface area contributed by atoms with E-state index < -0.39 is 27.7 Å². The number of halogens is 3. The Morgan fingerprint density at radius 2 is 1.84 bits per heavy atom. The fourth-order valence-corrected chi connectivity index (χ4v) is 4.82. The van der Waals surface area contributed by atoms with Gasteiger partial charge in [0.25, 0.3) is 0 Å². The Morgan fingerprint density at radius 1 is 1.16 bits per heavy atom. The SMILES string of the molecule is CCOC(=O)/C=C1\CN(Cc2ccc(OC)cc2)S(=O)(=O)c2ccc(C(F)(F)F)cc21. The monoisotopic (exact) mass is 455 g/mol. The van der Waals surface area contributed by atoms with Crippen molar-refractivity contribution in [3.05, 3.63) is 65.2 Å². The molecule has 10 heteroatoms. The first-order valence-corrected chi connectivity index (χ1v) is 10.7. The van der Waals surface area contributed by atoms with Crippen LogP contribution in [0.1, 0.15) is 23.6 Å². The normalized spacial score (nSPS) is 17.3. The van der Waals surface area contributed by atoms with Gasteiger partial charge in [0.2, 0.25) is 10.0 Å². The van der Waals surface area contributed by atoms with Crippen molar-refractivity contribution in [2.45, 2.75) is 24.5 Å². The second kappa shape index (κ2) is 8.72. The third-order valence-corrected chi connectivity index (χ3v) is 6.56. The predicted molar refractivity (Wildman–Crippen MR) is 107 cm³/mol. The van der Waals surface area contributed by atoms with E-state index in [0.29, 0.717) is 11.3 Å². The van der Waals surface area contributed by atoms with E-state index in [2.05, 4.69) is 0 Å². The van der Waals surface area contributed by atoms with Crippen LogP contribution in [0.25, 0.3) is 5.57 Å². The lowest BCUT2D eigenvalue weighted by Gasteiger charge is -2.30. The number of carbonyl (C=O) groups is 1. The maximum absolute atomic E-state index is 13.2. The lowest BCUT2D eigenvalue weighted by atomic mass is 10.0. The third-order valence-electron chi connectivity index (χ3n) is 4.71. The number of carbonyl (C=O) groups excluding carboxylic acids is 1. The topological polar surface area (TPSA) is 72.9 Å². The molecule has 0 spiro atoms. The molecule has 0 saturated carbocycles. The summed E-state index contributed by atoms with van der Waals surface area (Å²) in [7, 11) is -2.60. The molecule has 0 fully saturated rings.